The Bertz CT molecular complexity index is 609. The number of benzene rings is 1. The molecular formula is C16H18ClNO2S. The Morgan fingerprint density at radius 2 is 1.95 bits per heavy atom. The standard InChI is InChI=1S/C16H18ClNO2S/c1-11(16(19)20)9-18(2)10-14-7-8-15(21-14)12-3-5-13(17)6-4-12/h3-8,11H,9-10H2,1-2H3,(H,19,20). The van der Waals surface area contributed by atoms with Gasteiger partial charge in [0.1, 0.15) is 0 Å². The number of hydrogen-bond acceptors (Lipinski definition) is 3. The van der Waals surface area contributed by atoms with Crippen LogP contribution < -0.4 is 0 Å². The molecule has 0 aliphatic heterocycles. The number of halogens is 1. The molecule has 5 heteroatoms. The molecule has 1 aromatic carbocycles. The highest BCUT2D eigenvalue weighted by Crippen LogP contribution is 2.29. The molecule has 1 heterocycles. The second kappa shape index (κ2) is 7.07. The van der Waals surface area contributed by atoms with Crippen molar-refractivity contribution in [2.24, 2.45) is 5.92 Å². The van der Waals surface area contributed by atoms with E-state index in [1.807, 2.05) is 36.2 Å². The van der Waals surface area contributed by atoms with Crippen LogP contribution in [0.4, 0.5) is 0 Å². The van der Waals surface area contributed by atoms with E-state index in [1.54, 1.807) is 18.3 Å². The van der Waals surface area contributed by atoms with E-state index in [-0.39, 0.29) is 5.92 Å². The Morgan fingerprint density at radius 1 is 1.29 bits per heavy atom. The number of carboxylic acid groups (broad SMARTS) is 1. The molecule has 3 nitrogen and oxygen atoms in total. The molecule has 1 unspecified atom stereocenters. The summed E-state index contributed by atoms with van der Waals surface area (Å²) in [6.07, 6.45) is 0. The smallest absolute Gasteiger partial charge is 0.307 e. The SMILES string of the molecule is CC(CN(C)Cc1ccc(-c2ccc(Cl)cc2)s1)C(=O)O. The van der Waals surface area contributed by atoms with Crippen molar-refractivity contribution in [3.63, 3.8) is 0 Å². The largest absolute Gasteiger partial charge is 0.481 e. The highest BCUT2D eigenvalue weighted by atomic mass is 35.5. The van der Waals surface area contributed by atoms with Gasteiger partial charge in [-0.05, 0) is 36.9 Å². The second-order valence-corrected chi connectivity index (χ2v) is 6.81. The van der Waals surface area contributed by atoms with Crippen LogP contribution in [-0.4, -0.2) is 29.6 Å². The van der Waals surface area contributed by atoms with Crippen molar-refractivity contribution in [3.05, 3.63) is 46.3 Å². The molecular weight excluding hydrogens is 306 g/mol. The minimum absolute atomic E-state index is 0.356. The van der Waals surface area contributed by atoms with Gasteiger partial charge < -0.3 is 10.0 Å². The number of rotatable bonds is 6. The van der Waals surface area contributed by atoms with Gasteiger partial charge in [0.15, 0.2) is 0 Å². The Balaban J connectivity index is 2.00. The molecule has 0 saturated heterocycles. The van der Waals surface area contributed by atoms with Crippen molar-refractivity contribution < 1.29 is 9.90 Å². The zero-order valence-corrected chi connectivity index (χ0v) is 13.6. The number of carbonyl (C=O) groups is 1. The van der Waals surface area contributed by atoms with Crippen LogP contribution in [0.15, 0.2) is 36.4 Å². The maximum absolute atomic E-state index is 10.9. The first-order chi connectivity index (χ1) is 9.95. The molecule has 1 N–H and O–H groups in total. The van der Waals surface area contributed by atoms with Crippen molar-refractivity contribution in [1.82, 2.24) is 4.90 Å². The number of nitrogens with zero attached hydrogens (tertiary/aromatic N) is 1. The zero-order chi connectivity index (χ0) is 15.4. The molecule has 0 aliphatic carbocycles. The van der Waals surface area contributed by atoms with Crippen LogP contribution >= 0.6 is 22.9 Å². The molecule has 0 saturated carbocycles. The molecule has 2 rings (SSSR count). The maximum atomic E-state index is 10.9. The first kappa shape index (κ1) is 16.0. The lowest BCUT2D eigenvalue weighted by molar-refractivity contribution is -0.141. The lowest BCUT2D eigenvalue weighted by Crippen LogP contribution is -2.27. The quantitative estimate of drug-likeness (QED) is 0.865. The van der Waals surface area contributed by atoms with Crippen molar-refractivity contribution in [2.45, 2.75) is 13.5 Å². The van der Waals surface area contributed by atoms with E-state index in [4.69, 9.17) is 16.7 Å². The van der Waals surface area contributed by atoms with Crippen LogP contribution in [0.2, 0.25) is 5.02 Å². The molecule has 1 atom stereocenters. The minimum atomic E-state index is -0.755. The lowest BCUT2D eigenvalue weighted by atomic mass is 10.2. The van der Waals surface area contributed by atoms with Crippen molar-refractivity contribution >= 4 is 28.9 Å². The van der Waals surface area contributed by atoms with Crippen molar-refractivity contribution in [1.29, 1.82) is 0 Å². The summed E-state index contributed by atoms with van der Waals surface area (Å²) in [4.78, 5) is 15.3. The highest BCUT2D eigenvalue weighted by molar-refractivity contribution is 7.15. The summed E-state index contributed by atoms with van der Waals surface area (Å²) in [5, 5.41) is 9.67. The van der Waals surface area contributed by atoms with Gasteiger partial charge in [-0.1, -0.05) is 30.7 Å². The van der Waals surface area contributed by atoms with Gasteiger partial charge in [-0.3, -0.25) is 4.79 Å². The summed E-state index contributed by atoms with van der Waals surface area (Å²) in [7, 11) is 1.95. The fourth-order valence-electron chi connectivity index (χ4n) is 2.11. The topological polar surface area (TPSA) is 40.5 Å². The van der Waals surface area contributed by atoms with Gasteiger partial charge in [-0.25, -0.2) is 0 Å². The summed E-state index contributed by atoms with van der Waals surface area (Å²) < 4.78 is 0. The Labute approximate surface area is 133 Å². The van der Waals surface area contributed by atoms with E-state index >= 15 is 0 Å². The summed E-state index contributed by atoms with van der Waals surface area (Å²) in [6, 6.07) is 12.0. The first-order valence-electron chi connectivity index (χ1n) is 6.71. The number of thiophene rings is 1. The number of aliphatic carboxylic acids is 1. The molecule has 0 aliphatic rings. The predicted octanol–water partition coefficient (Wildman–Crippen LogP) is 4.22. The second-order valence-electron chi connectivity index (χ2n) is 5.21. The zero-order valence-electron chi connectivity index (χ0n) is 12.0. The Morgan fingerprint density at radius 3 is 2.57 bits per heavy atom. The molecule has 21 heavy (non-hydrogen) atoms. The molecule has 0 fully saturated rings. The van der Waals surface area contributed by atoms with Gasteiger partial charge in [0, 0.05) is 27.9 Å². The average molecular weight is 324 g/mol. The monoisotopic (exact) mass is 323 g/mol. The highest BCUT2D eigenvalue weighted by Gasteiger charge is 2.14. The number of hydrogen-bond donors (Lipinski definition) is 1. The van der Waals surface area contributed by atoms with Crippen molar-refractivity contribution in [3.8, 4) is 10.4 Å². The summed E-state index contributed by atoms with van der Waals surface area (Å²) in [5.41, 5.74) is 1.15. The van der Waals surface area contributed by atoms with Crippen LogP contribution in [-0.2, 0) is 11.3 Å². The third kappa shape index (κ3) is 4.56. The van der Waals surface area contributed by atoms with Crippen LogP contribution in [0.1, 0.15) is 11.8 Å². The van der Waals surface area contributed by atoms with E-state index in [9.17, 15) is 4.79 Å². The molecule has 0 spiro atoms. The van der Waals surface area contributed by atoms with Crippen LogP contribution in [0.5, 0.6) is 0 Å². The molecule has 0 bridgehead atoms. The normalized spacial score (nSPS) is 12.6. The van der Waals surface area contributed by atoms with Gasteiger partial charge in [-0.15, -0.1) is 11.3 Å². The van der Waals surface area contributed by atoms with E-state index in [2.05, 4.69) is 12.1 Å². The summed E-state index contributed by atoms with van der Waals surface area (Å²) in [5.74, 6) is -1.11. The van der Waals surface area contributed by atoms with Gasteiger partial charge in [-0.2, -0.15) is 0 Å². The summed E-state index contributed by atoms with van der Waals surface area (Å²) >= 11 is 7.62. The van der Waals surface area contributed by atoms with Crippen molar-refractivity contribution in [2.75, 3.05) is 13.6 Å². The van der Waals surface area contributed by atoms with E-state index < -0.39 is 5.97 Å². The van der Waals surface area contributed by atoms with Gasteiger partial charge in [0.25, 0.3) is 0 Å². The Kier molecular flexibility index (Phi) is 5.39. The van der Waals surface area contributed by atoms with Gasteiger partial charge >= 0.3 is 5.97 Å². The van der Waals surface area contributed by atoms with E-state index in [0.717, 1.165) is 17.1 Å². The average Bonchev–Trinajstić information content (AvgIpc) is 2.87. The number of carboxylic acids is 1. The molecule has 2 aromatic rings. The third-order valence-electron chi connectivity index (χ3n) is 3.22. The van der Waals surface area contributed by atoms with E-state index in [1.165, 1.54) is 9.75 Å². The molecule has 0 radical (unpaired) electrons. The lowest BCUT2D eigenvalue weighted by Gasteiger charge is -2.17. The summed E-state index contributed by atoms with van der Waals surface area (Å²) in [6.45, 7) is 3.03. The van der Waals surface area contributed by atoms with E-state index in [0.29, 0.717) is 6.54 Å². The van der Waals surface area contributed by atoms with Crippen LogP contribution in [0, 0.1) is 5.92 Å². The Hall–Kier alpha value is -1.36. The van der Waals surface area contributed by atoms with Gasteiger partial charge in [0.2, 0.25) is 0 Å². The van der Waals surface area contributed by atoms with Gasteiger partial charge in [0.05, 0.1) is 5.92 Å². The third-order valence-corrected chi connectivity index (χ3v) is 4.59. The van der Waals surface area contributed by atoms with Crippen LogP contribution in [0.25, 0.3) is 10.4 Å². The molecule has 0 amide bonds. The predicted molar refractivity (Wildman–Crippen MR) is 87.9 cm³/mol. The molecule has 1 aromatic heterocycles. The first-order valence-corrected chi connectivity index (χ1v) is 7.91. The fourth-order valence-corrected chi connectivity index (χ4v) is 3.33. The fraction of sp³-hybridized carbons (Fsp3) is 0.312. The maximum Gasteiger partial charge on any atom is 0.307 e. The minimum Gasteiger partial charge on any atom is -0.481 e. The van der Waals surface area contributed by atoms with Crippen LogP contribution in [0.3, 0.4) is 0 Å². The molecule has 112 valence electrons.